The minimum Gasteiger partial charge on any atom is -0.444 e. The summed E-state index contributed by atoms with van der Waals surface area (Å²) >= 11 is 3.69. The summed E-state index contributed by atoms with van der Waals surface area (Å²) in [6, 6.07) is 7.42. The van der Waals surface area contributed by atoms with Gasteiger partial charge in [0.05, 0.1) is 6.61 Å². The van der Waals surface area contributed by atoms with E-state index in [9.17, 15) is 9.59 Å². The Morgan fingerprint density at radius 3 is 2.18 bits per heavy atom. The lowest BCUT2D eigenvalue weighted by molar-refractivity contribution is 0.0236. The van der Waals surface area contributed by atoms with Crippen molar-refractivity contribution in [3.63, 3.8) is 0 Å². The van der Waals surface area contributed by atoms with Crippen LogP contribution in [0.2, 0.25) is 0 Å². The lowest BCUT2D eigenvalue weighted by atomic mass is 10.0. The molecule has 0 aromatic heterocycles. The van der Waals surface area contributed by atoms with Crippen LogP contribution in [0.4, 0.5) is 4.79 Å². The van der Waals surface area contributed by atoms with Gasteiger partial charge < -0.3 is 19.6 Å². The summed E-state index contributed by atoms with van der Waals surface area (Å²) in [5, 5.41) is 8.96. The predicted octanol–water partition coefficient (Wildman–Crippen LogP) is 3.89. The number of nitrogens with zero attached hydrogens (tertiary/aromatic N) is 2. The van der Waals surface area contributed by atoms with E-state index >= 15 is 0 Å². The number of rotatable bonds is 4. The van der Waals surface area contributed by atoms with Crippen LogP contribution in [0, 0.1) is 0 Å². The first-order valence-electron chi connectivity index (χ1n) is 9.44. The number of carbonyl (C=O) groups excluding carboxylic acids is 2. The van der Waals surface area contributed by atoms with Crippen LogP contribution in [-0.2, 0) is 4.74 Å². The maximum atomic E-state index is 12.3. The van der Waals surface area contributed by atoms with Gasteiger partial charge in [0, 0.05) is 36.7 Å². The first-order valence-corrected chi connectivity index (χ1v) is 10.2. The van der Waals surface area contributed by atoms with Crippen molar-refractivity contribution in [3.05, 3.63) is 41.0 Å². The summed E-state index contributed by atoms with van der Waals surface area (Å²) in [6.07, 6.45) is 1.29. The number of aliphatic hydroxyl groups excluding tert-OH is 1. The van der Waals surface area contributed by atoms with Gasteiger partial charge in [0.1, 0.15) is 5.60 Å². The van der Waals surface area contributed by atoms with Gasteiger partial charge in [-0.1, -0.05) is 33.6 Å². The minimum absolute atomic E-state index is 0.0573. The number of likely N-dealkylation sites (tertiary alicyclic amines) is 1. The Morgan fingerprint density at radius 1 is 1.14 bits per heavy atom. The standard InChI is InChI=1S/C21H29BrN2O4/c1-21(2,3)28-20(27)24-11-9-16(10-12-24)18(22)15-5-7-17(8-6-15)19(26)23(4)13-14-25/h5-8,25H,9-14H2,1-4H3. The topological polar surface area (TPSA) is 70.1 Å². The van der Waals surface area contributed by atoms with Crippen LogP contribution in [-0.4, -0.2) is 65.8 Å². The van der Waals surface area contributed by atoms with Crippen LogP contribution in [0.5, 0.6) is 0 Å². The van der Waals surface area contributed by atoms with Crippen molar-refractivity contribution in [1.82, 2.24) is 9.80 Å². The number of benzene rings is 1. The summed E-state index contributed by atoms with van der Waals surface area (Å²) in [6.45, 7) is 7.11. The number of piperidine rings is 1. The third-order valence-electron chi connectivity index (χ3n) is 4.50. The van der Waals surface area contributed by atoms with Gasteiger partial charge >= 0.3 is 6.09 Å². The number of likely N-dealkylation sites (N-methyl/N-ethyl adjacent to an activating group) is 1. The number of halogens is 1. The van der Waals surface area contributed by atoms with Crippen molar-refractivity contribution in [2.24, 2.45) is 0 Å². The van der Waals surface area contributed by atoms with Crippen LogP contribution in [0.3, 0.4) is 0 Å². The Morgan fingerprint density at radius 2 is 1.68 bits per heavy atom. The van der Waals surface area contributed by atoms with Crippen molar-refractivity contribution in [3.8, 4) is 0 Å². The Kier molecular flexibility index (Phi) is 7.66. The Labute approximate surface area is 175 Å². The second-order valence-corrected chi connectivity index (χ2v) is 8.71. The van der Waals surface area contributed by atoms with E-state index in [1.165, 1.54) is 10.5 Å². The van der Waals surface area contributed by atoms with Gasteiger partial charge in [-0.3, -0.25) is 4.79 Å². The molecule has 28 heavy (non-hydrogen) atoms. The maximum absolute atomic E-state index is 12.3. The average Bonchev–Trinajstić information content (AvgIpc) is 2.66. The van der Waals surface area contributed by atoms with Crippen molar-refractivity contribution >= 4 is 32.4 Å². The highest BCUT2D eigenvalue weighted by Crippen LogP contribution is 2.32. The normalized spacial score (nSPS) is 14.6. The second-order valence-electron chi connectivity index (χ2n) is 7.91. The van der Waals surface area contributed by atoms with Gasteiger partial charge in [0.25, 0.3) is 5.91 Å². The second kappa shape index (κ2) is 9.56. The lowest BCUT2D eigenvalue weighted by Gasteiger charge is -2.31. The van der Waals surface area contributed by atoms with Crippen LogP contribution in [0.1, 0.15) is 49.5 Å². The van der Waals surface area contributed by atoms with E-state index in [2.05, 4.69) is 15.9 Å². The molecule has 2 rings (SSSR count). The predicted molar refractivity (Wildman–Crippen MR) is 113 cm³/mol. The third-order valence-corrected chi connectivity index (χ3v) is 5.52. The van der Waals surface area contributed by atoms with Gasteiger partial charge in [0.2, 0.25) is 0 Å². The summed E-state index contributed by atoms with van der Waals surface area (Å²) in [5.74, 6) is -0.116. The van der Waals surface area contributed by atoms with Crippen LogP contribution < -0.4 is 0 Å². The average molecular weight is 453 g/mol. The molecule has 0 aliphatic carbocycles. The largest absolute Gasteiger partial charge is 0.444 e. The molecule has 0 unspecified atom stereocenters. The Bertz CT molecular complexity index is 728. The molecule has 1 aromatic carbocycles. The molecule has 0 atom stereocenters. The first-order chi connectivity index (χ1) is 13.1. The van der Waals surface area contributed by atoms with Gasteiger partial charge in [-0.25, -0.2) is 4.79 Å². The van der Waals surface area contributed by atoms with E-state index in [-0.39, 0.29) is 18.6 Å². The van der Waals surface area contributed by atoms with E-state index in [0.717, 1.165) is 22.9 Å². The fourth-order valence-electron chi connectivity index (χ4n) is 2.94. The van der Waals surface area contributed by atoms with Crippen molar-refractivity contribution < 1.29 is 19.4 Å². The molecule has 0 bridgehead atoms. The van der Waals surface area contributed by atoms with Gasteiger partial charge in [0.15, 0.2) is 0 Å². The van der Waals surface area contributed by atoms with E-state index in [1.54, 1.807) is 24.1 Å². The summed E-state index contributed by atoms with van der Waals surface area (Å²) in [5.41, 5.74) is 2.35. The molecule has 1 heterocycles. The molecule has 1 N–H and O–H groups in total. The van der Waals surface area contributed by atoms with E-state index < -0.39 is 5.60 Å². The quantitative estimate of drug-likeness (QED) is 0.751. The molecule has 1 fully saturated rings. The van der Waals surface area contributed by atoms with E-state index in [0.29, 0.717) is 25.2 Å². The molecule has 1 aliphatic rings. The Hall–Kier alpha value is -1.86. The smallest absolute Gasteiger partial charge is 0.410 e. The highest BCUT2D eigenvalue weighted by atomic mass is 79.9. The number of aliphatic hydroxyl groups is 1. The highest BCUT2D eigenvalue weighted by Gasteiger charge is 2.25. The number of hydrogen-bond acceptors (Lipinski definition) is 4. The molecular weight excluding hydrogens is 424 g/mol. The van der Waals surface area contributed by atoms with Crippen LogP contribution in [0.25, 0.3) is 4.48 Å². The highest BCUT2D eigenvalue weighted by molar-refractivity contribution is 9.15. The van der Waals surface area contributed by atoms with E-state index in [4.69, 9.17) is 9.84 Å². The number of amides is 2. The monoisotopic (exact) mass is 452 g/mol. The summed E-state index contributed by atoms with van der Waals surface area (Å²) < 4.78 is 6.45. The molecule has 1 aliphatic heterocycles. The summed E-state index contributed by atoms with van der Waals surface area (Å²) in [4.78, 5) is 27.7. The zero-order valence-corrected chi connectivity index (χ0v) is 18.6. The van der Waals surface area contributed by atoms with Gasteiger partial charge in [-0.05, 0) is 51.3 Å². The fourth-order valence-corrected chi connectivity index (χ4v) is 3.60. The molecule has 1 aromatic rings. The molecule has 0 radical (unpaired) electrons. The number of hydrogen-bond donors (Lipinski definition) is 1. The maximum Gasteiger partial charge on any atom is 0.410 e. The zero-order valence-electron chi connectivity index (χ0n) is 17.0. The van der Waals surface area contributed by atoms with Gasteiger partial charge in [-0.15, -0.1) is 0 Å². The zero-order chi connectivity index (χ0) is 20.9. The molecule has 2 amide bonds. The molecular formula is C21H29BrN2O4. The van der Waals surface area contributed by atoms with Crippen molar-refractivity contribution in [2.75, 3.05) is 33.3 Å². The number of carbonyl (C=O) groups is 2. The van der Waals surface area contributed by atoms with Gasteiger partial charge in [-0.2, -0.15) is 0 Å². The Balaban J connectivity index is 2.02. The third kappa shape index (κ3) is 6.07. The summed E-state index contributed by atoms with van der Waals surface area (Å²) in [7, 11) is 1.67. The lowest BCUT2D eigenvalue weighted by Crippen LogP contribution is -2.40. The molecule has 0 spiro atoms. The number of ether oxygens (including phenoxy) is 1. The van der Waals surface area contributed by atoms with E-state index in [1.807, 2.05) is 32.9 Å². The SMILES string of the molecule is CN(CCO)C(=O)c1ccc(C(Br)=C2CCN(C(=O)OC(C)(C)C)CC2)cc1. The molecule has 0 saturated carbocycles. The van der Waals surface area contributed by atoms with Crippen molar-refractivity contribution in [1.29, 1.82) is 0 Å². The molecule has 7 heteroatoms. The first kappa shape index (κ1) is 22.4. The fraction of sp³-hybridized carbons (Fsp3) is 0.524. The molecule has 154 valence electrons. The molecule has 6 nitrogen and oxygen atoms in total. The van der Waals surface area contributed by atoms with Crippen LogP contribution in [0.15, 0.2) is 29.8 Å². The molecule has 1 saturated heterocycles. The van der Waals surface area contributed by atoms with Crippen molar-refractivity contribution in [2.45, 2.75) is 39.2 Å². The minimum atomic E-state index is -0.488. The van der Waals surface area contributed by atoms with Crippen LogP contribution >= 0.6 is 15.9 Å².